The lowest BCUT2D eigenvalue weighted by molar-refractivity contribution is 0.130. The molecule has 0 bridgehead atoms. The first kappa shape index (κ1) is 17.8. The van der Waals surface area contributed by atoms with E-state index in [1.165, 1.54) is 32.7 Å². The lowest BCUT2D eigenvalue weighted by Crippen LogP contribution is -2.01. The Morgan fingerprint density at radius 2 is 0.926 bits per heavy atom. The summed E-state index contributed by atoms with van der Waals surface area (Å²) in [5, 5.41) is 5.39. The molecule has 0 heterocycles. The molecule has 4 aromatic carbocycles. The maximum Gasteiger partial charge on any atom is 0.0469 e. The molecule has 1 heteroatoms. The smallest absolute Gasteiger partial charge is 0.0469 e. The minimum absolute atomic E-state index is 0.832. The Morgan fingerprint density at radius 1 is 0.481 bits per heavy atom. The van der Waals surface area contributed by atoms with E-state index in [4.69, 9.17) is 4.74 Å². The Morgan fingerprint density at radius 3 is 1.44 bits per heavy atom. The Kier molecular flexibility index (Phi) is 5.81. The van der Waals surface area contributed by atoms with E-state index in [0.29, 0.717) is 0 Å². The summed E-state index contributed by atoms with van der Waals surface area (Å²) in [5.74, 6) is 0. The molecule has 0 aliphatic heterocycles. The zero-order chi connectivity index (χ0) is 18.3. The van der Waals surface area contributed by atoms with Crippen LogP contribution in [0.2, 0.25) is 0 Å². The van der Waals surface area contributed by atoms with E-state index in [0.717, 1.165) is 38.9 Å². The van der Waals surface area contributed by atoms with Crippen molar-refractivity contribution in [2.45, 2.75) is 25.7 Å². The second-order valence-electron chi connectivity index (χ2n) is 7.10. The molecule has 0 saturated heterocycles. The fourth-order valence-corrected chi connectivity index (χ4v) is 3.85. The van der Waals surface area contributed by atoms with Gasteiger partial charge in [-0.1, -0.05) is 84.9 Å². The summed E-state index contributed by atoms with van der Waals surface area (Å²) in [5.41, 5.74) is 2.85. The highest BCUT2D eigenvalue weighted by Crippen LogP contribution is 2.21. The van der Waals surface area contributed by atoms with Crippen LogP contribution < -0.4 is 0 Å². The lowest BCUT2D eigenvalue weighted by atomic mass is 10.0. The molecule has 1 nitrogen and oxygen atoms in total. The van der Waals surface area contributed by atoms with Crippen molar-refractivity contribution in [3.63, 3.8) is 0 Å². The Labute approximate surface area is 161 Å². The van der Waals surface area contributed by atoms with Gasteiger partial charge in [0.2, 0.25) is 0 Å². The topological polar surface area (TPSA) is 9.23 Å². The van der Waals surface area contributed by atoms with E-state index in [1.54, 1.807) is 0 Å². The lowest BCUT2D eigenvalue weighted by Gasteiger charge is -2.08. The maximum absolute atomic E-state index is 5.90. The van der Waals surface area contributed by atoms with Crippen molar-refractivity contribution in [3.8, 4) is 0 Å². The van der Waals surface area contributed by atoms with Crippen LogP contribution in [0.5, 0.6) is 0 Å². The van der Waals surface area contributed by atoms with E-state index in [9.17, 15) is 0 Å². The molecule has 0 aliphatic carbocycles. The van der Waals surface area contributed by atoms with Gasteiger partial charge in [0.1, 0.15) is 0 Å². The molecular weight excluding hydrogens is 328 g/mol. The van der Waals surface area contributed by atoms with E-state index >= 15 is 0 Å². The third-order valence-corrected chi connectivity index (χ3v) is 5.23. The van der Waals surface area contributed by atoms with Crippen LogP contribution in [0.15, 0.2) is 84.9 Å². The molecule has 4 rings (SSSR count). The van der Waals surface area contributed by atoms with Gasteiger partial charge >= 0.3 is 0 Å². The first-order valence-corrected chi connectivity index (χ1v) is 9.93. The summed E-state index contributed by atoms with van der Waals surface area (Å²) in [4.78, 5) is 0. The van der Waals surface area contributed by atoms with Gasteiger partial charge in [0.25, 0.3) is 0 Å². The summed E-state index contributed by atoms with van der Waals surface area (Å²) < 4.78 is 5.90. The second kappa shape index (κ2) is 8.83. The van der Waals surface area contributed by atoms with Gasteiger partial charge in [0.05, 0.1) is 0 Å². The van der Waals surface area contributed by atoms with Crippen molar-refractivity contribution in [2.75, 3.05) is 13.2 Å². The summed E-state index contributed by atoms with van der Waals surface area (Å²) in [6.45, 7) is 1.66. The van der Waals surface area contributed by atoms with Gasteiger partial charge < -0.3 is 4.74 Å². The van der Waals surface area contributed by atoms with Crippen LogP contribution >= 0.6 is 0 Å². The van der Waals surface area contributed by atoms with E-state index in [2.05, 4.69) is 84.9 Å². The van der Waals surface area contributed by atoms with Crippen LogP contribution in [-0.2, 0) is 17.6 Å². The van der Waals surface area contributed by atoms with Crippen LogP contribution in [-0.4, -0.2) is 13.2 Å². The average Bonchev–Trinajstić information content (AvgIpc) is 2.73. The number of fused-ring (bicyclic) bond motifs is 2. The van der Waals surface area contributed by atoms with E-state index in [-0.39, 0.29) is 0 Å². The largest absolute Gasteiger partial charge is 0.381 e. The van der Waals surface area contributed by atoms with Crippen LogP contribution in [0.3, 0.4) is 0 Å². The molecule has 0 aromatic heterocycles. The number of hydrogen-bond acceptors (Lipinski definition) is 1. The number of hydrogen-bond donors (Lipinski definition) is 0. The molecule has 0 amide bonds. The Bertz CT molecular complexity index is 925. The molecular formula is C26H26O. The standard InChI is InChI=1S/C26H26O/c1-3-17-25-21(9-1)11-5-13-23(25)15-7-19-27-20-8-16-24-14-6-12-22-10-2-4-18-26(22)24/h1-6,9-14,17-18H,7-8,15-16,19-20H2. The van der Waals surface area contributed by atoms with Crippen LogP contribution in [0.25, 0.3) is 21.5 Å². The maximum atomic E-state index is 5.90. The van der Waals surface area contributed by atoms with Gasteiger partial charge in [-0.05, 0) is 58.4 Å². The van der Waals surface area contributed by atoms with Gasteiger partial charge in [-0.2, -0.15) is 0 Å². The van der Waals surface area contributed by atoms with Crippen molar-refractivity contribution in [2.24, 2.45) is 0 Å². The highest BCUT2D eigenvalue weighted by molar-refractivity contribution is 5.86. The minimum atomic E-state index is 0.832. The molecule has 0 unspecified atom stereocenters. The van der Waals surface area contributed by atoms with Crippen LogP contribution in [0.1, 0.15) is 24.0 Å². The zero-order valence-electron chi connectivity index (χ0n) is 15.7. The molecule has 0 aliphatic rings. The first-order chi connectivity index (χ1) is 13.4. The zero-order valence-corrected chi connectivity index (χ0v) is 15.7. The predicted molar refractivity (Wildman–Crippen MR) is 115 cm³/mol. The van der Waals surface area contributed by atoms with Gasteiger partial charge in [-0.15, -0.1) is 0 Å². The highest BCUT2D eigenvalue weighted by atomic mass is 16.5. The van der Waals surface area contributed by atoms with Gasteiger partial charge in [-0.25, -0.2) is 0 Å². The monoisotopic (exact) mass is 354 g/mol. The SMILES string of the molecule is c1ccc2c(CCCOCCCc3cccc4ccccc34)cccc2c1. The van der Waals surface area contributed by atoms with E-state index in [1.807, 2.05) is 0 Å². The number of ether oxygens (including phenoxy) is 1. The third-order valence-electron chi connectivity index (χ3n) is 5.23. The summed E-state index contributed by atoms with van der Waals surface area (Å²) in [7, 11) is 0. The number of aryl methyl sites for hydroxylation is 2. The molecule has 0 atom stereocenters. The molecule has 0 radical (unpaired) electrons. The summed E-state index contributed by atoms with van der Waals surface area (Å²) >= 11 is 0. The molecule has 136 valence electrons. The first-order valence-electron chi connectivity index (χ1n) is 9.93. The van der Waals surface area contributed by atoms with Gasteiger partial charge in [0.15, 0.2) is 0 Å². The summed E-state index contributed by atoms with van der Waals surface area (Å²) in [6, 6.07) is 30.4. The number of rotatable bonds is 8. The van der Waals surface area contributed by atoms with Crippen molar-refractivity contribution in [3.05, 3.63) is 96.1 Å². The molecule has 0 spiro atoms. The minimum Gasteiger partial charge on any atom is -0.381 e. The van der Waals surface area contributed by atoms with E-state index < -0.39 is 0 Å². The second-order valence-corrected chi connectivity index (χ2v) is 7.10. The normalized spacial score (nSPS) is 11.3. The van der Waals surface area contributed by atoms with Crippen molar-refractivity contribution in [1.82, 2.24) is 0 Å². The molecule has 27 heavy (non-hydrogen) atoms. The Balaban J connectivity index is 1.22. The number of benzene rings is 4. The predicted octanol–water partition coefficient (Wildman–Crippen LogP) is 6.58. The van der Waals surface area contributed by atoms with Gasteiger partial charge in [-0.3, -0.25) is 0 Å². The van der Waals surface area contributed by atoms with Crippen molar-refractivity contribution >= 4 is 21.5 Å². The molecule has 0 N–H and O–H groups in total. The molecule has 4 aromatic rings. The Hall–Kier alpha value is -2.64. The average molecular weight is 354 g/mol. The summed E-state index contributed by atoms with van der Waals surface area (Å²) in [6.07, 6.45) is 4.29. The quantitative estimate of drug-likeness (QED) is 0.325. The van der Waals surface area contributed by atoms with Crippen molar-refractivity contribution in [1.29, 1.82) is 0 Å². The van der Waals surface area contributed by atoms with Crippen LogP contribution in [0, 0.1) is 0 Å². The molecule has 0 saturated carbocycles. The van der Waals surface area contributed by atoms with Crippen LogP contribution in [0.4, 0.5) is 0 Å². The highest BCUT2D eigenvalue weighted by Gasteiger charge is 2.02. The molecule has 0 fully saturated rings. The fourth-order valence-electron chi connectivity index (χ4n) is 3.85. The fraction of sp³-hybridized carbons (Fsp3) is 0.231. The third kappa shape index (κ3) is 4.37. The van der Waals surface area contributed by atoms with Crippen molar-refractivity contribution < 1.29 is 4.74 Å². The van der Waals surface area contributed by atoms with Gasteiger partial charge in [0, 0.05) is 13.2 Å².